The van der Waals surface area contributed by atoms with Crippen molar-refractivity contribution in [2.75, 3.05) is 5.32 Å². The summed E-state index contributed by atoms with van der Waals surface area (Å²) in [5.74, 6) is -5.18. The van der Waals surface area contributed by atoms with Gasteiger partial charge in [0.2, 0.25) is 0 Å². The summed E-state index contributed by atoms with van der Waals surface area (Å²) in [5, 5.41) is 3.29. The highest BCUT2D eigenvalue weighted by Crippen LogP contribution is 2.45. The third-order valence-corrected chi connectivity index (χ3v) is 4.46. The first-order chi connectivity index (χ1) is 12.9. The normalized spacial score (nSPS) is 18.6. The number of hydrogen-bond donors (Lipinski definition) is 2. The van der Waals surface area contributed by atoms with E-state index in [0.717, 1.165) is 26.2 Å². The van der Waals surface area contributed by atoms with E-state index in [-0.39, 0.29) is 0 Å². The number of alkyl halides is 3. The number of aromatic nitrogens is 2. The van der Waals surface area contributed by atoms with Gasteiger partial charge >= 0.3 is 11.9 Å². The fourth-order valence-corrected chi connectivity index (χ4v) is 2.99. The number of rotatable bonds is 2. The molecule has 1 aromatic carbocycles. The number of halogens is 4. The summed E-state index contributed by atoms with van der Waals surface area (Å²) in [4.78, 5) is 49.2. The fraction of sp³-hybridized carbons (Fsp3) is 0.250. The van der Waals surface area contributed by atoms with Crippen LogP contribution < -0.4 is 21.9 Å². The molecule has 8 nitrogen and oxygen atoms in total. The Morgan fingerprint density at radius 3 is 2.29 bits per heavy atom. The van der Waals surface area contributed by atoms with Crippen LogP contribution >= 0.6 is 0 Å². The monoisotopic (exact) mass is 400 g/mol. The van der Waals surface area contributed by atoms with Gasteiger partial charge in [-0.05, 0) is 12.1 Å². The molecular formula is C16H12F4N4O4. The second-order valence-electron chi connectivity index (χ2n) is 6.07. The quantitative estimate of drug-likeness (QED) is 0.711. The number of benzene rings is 1. The van der Waals surface area contributed by atoms with Gasteiger partial charge in [-0.15, -0.1) is 0 Å². The molecule has 0 fully saturated rings. The van der Waals surface area contributed by atoms with E-state index in [0.29, 0.717) is 9.13 Å². The molecule has 1 aliphatic heterocycles. The number of amides is 2. The van der Waals surface area contributed by atoms with E-state index >= 15 is 0 Å². The predicted molar refractivity (Wildman–Crippen MR) is 87.2 cm³/mol. The zero-order valence-electron chi connectivity index (χ0n) is 14.3. The van der Waals surface area contributed by atoms with Gasteiger partial charge in [0.05, 0.1) is 5.56 Å². The molecule has 1 aliphatic rings. The Labute approximate surface area is 153 Å². The van der Waals surface area contributed by atoms with Crippen LogP contribution in [0.5, 0.6) is 0 Å². The number of hydrogen-bond acceptors (Lipinski definition) is 4. The van der Waals surface area contributed by atoms with Crippen molar-refractivity contribution < 1.29 is 27.2 Å². The van der Waals surface area contributed by atoms with Crippen molar-refractivity contribution in [3.8, 4) is 0 Å². The van der Waals surface area contributed by atoms with Crippen molar-refractivity contribution in [1.29, 1.82) is 0 Å². The van der Waals surface area contributed by atoms with Crippen LogP contribution in [0.4, 0.5) is 23.4 Å². The van der Waals surface area contributed by atoms with Gasteiger partial charge in [-0.2, -0.15) is 13.2 Å². The minimum absolute atomic E-state index is 0.370. The lowest BCUT2D eigenvalue weighted by molar-refractivity contribution is -0.196. The number of fused-ring (bicyclic) bond motifs is 1. The van der Waals surface area contributed by atoms with E-state index in [4.69, 9.17) is 0 Å². The molecule has 28 heavy (non-hydrogen) atoms. The molecule has 0 unspecified atom stereocenters. The van der Waals surface area contributed by atoms with Gasteiger partial charge in [-0.1, -0.05) is 12.1 Å². The smallest absolute Gasteiger partial charge is 0.326 e. The van der Waals surface area contributed by atoms with Crippen LogP contribution in [0, 0.1) is 5.82 Å². The maximum absolute atomic E-state index is 14.1. The molecule has 1 atom stereocenters. The largest absolute Gasteiger partial charge is 0.425 e. The Balaban J connectivity index is 2.31. The summed E-state index contributed by atoms with van der Waals surface area (Å²) in [6, 6.07) is 4.19. The zero-order chi connectivity index (χ0) is 21.0. The SMILES string of the molecule is Cn1c2c(c(=O)n(C)c1=O)[C@@](NC(=O)c1ccccc1F)(C(F)(F)F)C(=O)N2. The molecule has 148 valence electrons. The third kappa shape index (κ3) is 2.44. The summed E-state index contributed by atoms with van der Waals surface area (Å²) >= 11 is 0. The van der Waals surface area contributed by atoms with Crippen LogP contribution in [-0.4, -0.2) is 27.1 Å². The molecule has 2 N–H and O–H groups in total. The van der Waals surface area contributed by atoms with Gasteiger partial charge < -0.3 is 10.6 Å². The standard InChI is InChI=1S/C16H12F4N4O4/c1-23-10-9(12(26)24(2)14(23)28)15(13(27)21-10,16(18,19)20)22-11(25)7-5-3-4-6-8(7)17/h3-6H,1-2H3,(H,21,27)(H,22,25)/t15-/m0/s1. The third-order valence-electron chi connectivity index (χ3n) is 4.46. The van der Waals surface area contributed by atoms with Gasteiger partial charge in [-0.25, -0.2) is 9.18 Å². The minimum Gasteiger partial charge on any atom is -0.326 e. The molecule has 0 spiro atoms. The highest BCUT2D eigenvalue weighted by molar-refractivity contribution is 6.09. The first kappa shape index (κ1) is 19.3. The molecule has 0 aliphatic carbocycles. The van der Waals surface area contributed by atoms with Crippen LogP contribution in [0.2, 0.25) is 0 Å². The molecule has 0 saturated carbocycles. The first-order valence-electron chi connectivity index (χ1n) is 7.69. The fourth-order valence-electron chi connectivity index (χ4n) is 2.99. The van der Waals surface area contributed by atoms with Crippen LogP contribution in [0.25, 0.3) is 0 Å². The summed E-state index contributed by atoms with van der Waals surface area (Å²) in [5.41, 5.74) is -8.15. The topological polar surface area (TPSA) is 102 Å². The highest BCUT2D eigenvalue weighted by Gasteiger charge is 2.68. The number of carbonyl (C=O) groups is 2. The minimum atomic E-state index is -5.48. The van der Waals surface area contributed by atoms with Crippen molar-refractivity contribution in [2.45, 2.75) is 11.7 Å². The van der Waals surface area contributed by atoms with Gasteiger partial charge in [0.25, 0.3) is 22.9 Å². The number of nitrogens with one attached hydrogen (secondary N) is 2. The van der Waals surface area contributed by atoms with Crippen molar-refractivity contribution >= 4 is 17.6 Å². The summed E-state index contributed by atoms with van der Waals surface area (Å²) in [6.45, 7) is 0. The molecule has 2 aromatic rings. The van der Waals surface area contributed by atoms with E-state index in [9.17, 15) is 36.7 Å². The van der Waals surface area contributed by atoms with E-state index in [1.54, 1.807) is 0 Å². The van der Waals surface area contributed by atoms with Crippen molar-refractivity contribution in [1.82, 2.24) is 14.5 Å². The molecule has 2 heterocycles. The predicted octanol–water partition coefficient (Wildman–Crippen LogP) is 0.363. The molecular weight excluding hydrogens is 388 g/mol. The van der Waals surface area contributed by atoms with E-state index < -0.39 is 57.5 Å². The molecule has 3 rings (SSSR count). The Kier molecular flexibility index (Phi) is 4.17. The highest BCUT2D eigenvalue weighted by atomic mass is 19.4. The van der Waals surface area contributed by atoms with Crippen molar-refractivity contribution in [2.24, 2.45) is 14.1 Å². The maximum Gasteiger partial charge on any atom is 0.425 e. The lowest BCUT2D eigenvalue weighted by atomic mass is 9.91. The van der Waals surface area contributed by atoms with Gasteiger partial charge in [0, 0.05) is 14.1 Å². The Morgan fingerprint density at radius 1 is 1.11 bits per heavy atom. The van der Waals surface area contributed by atoms with Crippen LogP contribution in [0.15, 0.2) is 33.9 Å². The van der Waals surface area contributed by atoms with E-state index in [1.165, 1.54) is 17.4 Å². The molecule has 0 bridgehead atoms. The number of nitrogens with zero attached hydrogens (tertiary/aromatic N) is 2. The van der Waals surface area contributed by atoms with Crippen LogP contribution in [0.3, 0.4) is 0 Å². The van der Waals surface area contributed by atoms with Gasteiger partial charge in [0.1, 0.15) is 17.2 Å². The van der Waals surface area contributed by atoms with E-state index in [1.807, 2.05) is 5.32 Å². The summed E-state index contributed by atoms with van der Waals surface area (Å²) in [7, 11) is 1.97. The molecule has 0 saturated heterocycles. The molecule has 2 amide bonds. The summed E-state index contributed by atoms with van der Waals surface area (Å²) in [6.07, 6.45) is -5.48. The average Bonchev–Trinajstić information content (AvgIpc) is 2.92. The first-order valence-corrected chi connectivity index (χ1v) is 7.69. The lowest BCUT2D eigenvalue weighted by Gasteiger charge is -2.30. The second-order valence-corrected chi connectivity index (χ2v) is 6.07. The summed E-state index contributed by atoms with van der Waals surface area (Å²) < 4.78 is 57.0. The van der Waals surface area contributed by atoms with E-state index in [2.05, 4.69) is 0 Å². The number of carbonyl (C=O) groups excluding carboxylic acids is 2. The Bertz CT molecular complexity index is 1130. The molecule has 12 heteroatoms. The zero-order valence-corrected chi connectivity index (χ0v) is 14.3. The van der Waals surface area contributed by atoms with Crippen LogP contribution in [-0.2, 0) is 24.4 Å². The Morgan fingerprint density at radius 2 is 1.71 bits per heavy atom. The molecule has 1 aromatic heterocycles. The van der Waals surface area contributed by atoms with Gasteiger partial charge in [0.15, 0.2) is 0 Å². The molecule has 0 radical (unpaired) electrons. The maximum atomic E-state index is 14.1. The van der Waals surface area contributed by atoms with Gasteiger partial charge in [-0.3, -0.25) is 23.5 Å². The lowest BCUT2D eigenvalue weighted by Crippen LogP contribution is -2.62. The van der Waals surface area contributed by atoms with Crippen LogP contribution in [0.1, 0.15) is 15.9 Å². The average molecular weight is 400 g/mol. The second kappa shape index (κ2) is 6.04. The van der Waals surface area contributed by atoms with Crippen molar-refractivity contribution in [3.05, 3.63) is 62.0 Å². The van der Waals surface area contributed by atoms with Crippen molar-refractivity contribution in [3.63, 3.8) is 0 Å². The number of anilines is 1. The Hall–Kier alpha value is -3.44.